The van der Waals surface area contributed by atoms with Crippen LogP contribution in [0.1, 0.15) is 36.4 Å². The van der Waals surface area contributed by atoms with Gasteiger partial charge in [0.05, 0.1) is 6.54 Å². The van der Waals surface area contributed by atoms with Gasteiger partial charge in [-0.05, 0) is 44.2 Å². The number of likely N-dealkylation sites (tertiary alicyclic amines) is 1. The Labute approximate surface area is 224 Å². The number of carbonyl (C=O) groups is 2. The average Bonchev–Trinajstić information content (AvgIpc) is 3.32. The van der Waals surface area contributed by atoms with E-state index in [9.17, 15) is 39.5 Å². The Morgan fingerprint density at radius 1 is 0.950 bits per heavy atom. The number of nitrogens with one attached hydrogen (secondary N) is 1. The van der Waals surface area contributed by atoms with Gasteiger partial charge in [0.2, 0.25) is 0 Å². The van der Waals surface area contributed by atoms with E-state index < -0.39 is 36.2 Å². The lowest BCUT2D eigenvalue weighted by Crippen LogP contribution is -2.51. The van der Waals surface area contributed by atoms with Gasteiger partial charge >= 0.3 is 30.5 Å². The number of halogens is 9. The van der Waals surface area contributed by atoms with Gasteiger partial charge in [0.1, 0.15) is 22.8 Å². The second kappa shape index (κ2) is 13.0. The molecule has 3 heterocycles. The van der Waals surface area contributed by atoms with Gasteiger partial charge in [0.25, 0.3) is 0 Å². The van der Waals surface area contributed by atoms with E-state index in [1.807, 2.05) is 11.6 Å². The van der Waals surface area contributed by atoms with E-state index in [1.54, 1.807) is 11.3 Å². The van der Waals surface area contributed by atoms with Crippen LogP contribution in [0.2, 0.25) is 0 Å². The molecule has 1 saturated heterocycles. The molecule has 3 N–H and O–H groups in total. The number of hydrogen-bond acceptors (Lipinski definition) is 8. The van der Waals surface area contributed by atoms with Crippen LogP contribution in [0.15, 0.2) is 24.0 Å². The lowest BCUT2D eigenvalue weighted by atomic mass is 9.60. The minimum atomic E-state index is -5.08. The number of alkyl halides is 9. The third-order valence-corrected chi connectivity index (χ3v) is 6.68. The fraction of sp³-hybridized carbons (Fsp3) is 0.571. The van der Waals surface area contributed by atoms with Gasteiger partial charge < -0.3 is 15.5 Å². The maximum Gasteiger partial charge on any atom is 0.490 e. The van der Waals surface area contributed by atoms with Crippen LogP contribution in [0, 0.1) is 5.41 Å². The summed E-state index contributed by atoms with van der Waals surface area (Å²) >= 11 is 1.69. The molecule has 1 spiro atoms. The minimum Gasteiger partial charge on any atom is -0.475 e. The van der Waals surface area contributed by atoms with Gasteiger partial charge in [0, 0.05) is 23.7 Å². The summed E-state index contributed by atoms with van der Waals surface area (Å²) in [6.07, 6.45) is -7.55. The number of piperidine rings is 1. The number of nitrogens with zero attached hydrogens (tertiary/aromatic N) is 4. The van der Waals surface area contributed by atoms with E-state index in [-0.39, 0.29) is 11.9 Å². The molecule has 4 rings (SSSR count). The molecule has 0 unspecified atom stereocenters. The minimum absolute atomic E-state index is 0.191. The van der Waals surface area contributed by atoms with Crippen molar-refractivity contribution < 1.29 is 59.3 Å². The molecule has 19 heteroatoms. The molecule has 2 aromatic heterocycles. The third-order valence-electron chi connectivity index (χ3n) is 5.91. The first-order valence-corrected chi connectivity index (χ1v) is 12.1. The van der Waals surface area contributed by atoms with E-state index in [4.69, 9.17) is 19.8 Å². The topological polar surface area (TPSA) is 129 Å². The van der Waals surface area contributed by atoms with Gasteiger partial charge in [-0.15, -0.1) is 11.3 Å². The quantitative estimate of drug-likeness (QED) is 0.406. The molecule has 0 radical (unpaired) electrons. The highest BCUT2D eigenvalue weighted by molar-refractivity contribution is 7.09. The molecular weight excluding hydrogens is 589 g/mol. The molecule has 0 amide bonds. The monoisotopic (exact) mass is 611 g/mol. The van der Waals surface area contributed by atoms with E-state index in [2.05, 4.69) is 25.2 Å². The Bertz CT molecular complexity index is 1090. The van der Waals surface area contributed by atoms with Gasteiger partial charge in [-0.2, -0.15) is 39.5 Å². The molecular formula is C21H22F9N5O4S. The summed E-state index contributed by atoms with van der Waals surface area (Å²) in [6.45, 7) is 3.02. The number of carboxylic acid groups (broad SMARTS) is 2. The summed E-state index contributed by atoms with van der Waals surface area (Å²) < 4.78 is 102. The summed E-state index contributed by atoms with van der Waals surface area (Å²) in [6, 6.07) is 1.18. The van der Waals surface area contributed by atoms with Crippen molar-refractivity contribution in [2.75, 3.05) is 18.4 Å². The van der Waals surface area contributed by atoms with Crippen molar-refractivity contribution in [3.05, 3.63) is 34.7 Å². The molecule has 2 fully saturated rings. The first-order valence-electron chi connectivity index (χ1n) is 11.2. The number of carboxylic acids is 2. The van der Waals surface area contributed by atoms with Crippen LogP contribution in [0.4, 0.5) is 45.3 Å². The Morgan fingerprint density at radius 2 is 1.48 bits per heavy atom. The van der Waals surface area contributed by atoms with Crippen LogP contribution < -0.4 is 5.32 Å². The predicted octanol–water partition coefficient (Wildman–Crippen LogP) is 5.08. The maximum atomic E-state index is 12.7. The largest absolute Gasteiger partial charge is 0.490 e. The van der Waals surface area contributed by atoms with E-state index in [0.717, 1.165) is 62.7 Å². The first kappa shape index (κ1) is 33.0. The van der Waals surface area contributed by atoms with E-state index >= 15 is 0 Å². The zero-order valence-corrected chi connectivity index (χ0v) is 21.0. The van der Waals surface area contributed by atoms with Gasteiger partial charge in [-0.3, -0.25) is 4.90 Å². The van der Waals surface area contributed by atoms with Crippen molar-refractivity contribution in [3.63, 3.8) is 0 Å². The molecule has 1 saturated carbocycles. The molecule has 2 aromatic rings. The first-order chi connectivity index (χ1) is 18.3. The third kappa shape index (κ3) is 10.4. The molecule has 0 aromatic carbocycles. The van der Waals surface area contributed by atoms with Gasteiger partial charge in [0.15, 0.2) is 0 Å². The second-order valence-electron chi connectivity index (χ2n) is 8.84. The van der Waals surface area contributed by atoms with Crippen LogP contribution in [0.25, 0.3) is 0 Å². The Kier molecular flexibility index (Phi) is 10.7. The molecule has 1 aliphatic heterocycles. The van der Waals surface area contributed by atoms with Crippen molar-refractivity contribution in [2.24, 2.45) is 5.41 Å². The van der Waals surface area contributed by atoms with Crippen molar-refractivity contribution in [1.82, 2.24) is 19.9 Å². The second-order valence-corrected chi connectivity index (χ2v) is 9.82. The van der Waals surface area contributed by atoms with Crippen molar-refractivity contribution in [2.45, 2.75) is 56.8 Å². The number of anilines is 1. The highest BCUT2D eigenvalue weighted by Crippen LogP contribution is 2.50. The SMILES string of the molecule is FC(F)(F)c1cc(NC2CC3(CCN(Cc4nccs4)CC3)C2)ncn1.O=C(O)C(F)(F)F.O=C(O)C(F)(F)F. The molecule has 9 nitrogen and oxygen atoms in total. The van der Waals surface area contributed by atoms with Crippen LogP contribution >= 0.6 is 11.3 Å². The zero-order chi connectivity index (χ0) is 30.4. The summed E-state index contributed by atoms with van der Waals surface area (Å²) in [5, 5.41) is 20.5. The van der Waals surface area contributed by atoms with E-state index in [1.165, 1.54) is 0 Å². The van der Waals surface area contributed by atoms with Gasteiger partial charge in [-0.25, -0.2) is 24.5 Å². The number of hydrogen-bond donors (Lipinski definition) is 3. The fourth-order valence-corrected chi connectivity index (χ4v) is 4.66. The molecule has 0 atom stereocenters. The standard InChI is InChI=1S/C17H20F3N5S.2C2HF3O2/c18-17(19,20)13-7-14(23-11-22-13)24-12-8-16(9-12)1-4-25(5-2-16)10-15-21-3-6-26-15;2*3-2(4,5)1(6)7/h3,6-7,11-12H,1-2,4-5,8-10H2,(H,22,23,24);2*(H,6,7). The highest BCUT2D eigenvalue weighted by atomic mass is 32.1. The summed E-state index contributed by atoms with van der Waals surface area (Å²) in [7, 11) is 0. The molecule has 40 heavy (non-hydrogen) atoms. The lowest BCUT2D eigenvalue weighted by molar-refractivity contribution is -0.193. The smallest absolute Gasteiger partial charge is 0.475 e. The lowest BCUT2D eigenvalue weighted by Gasteiger charge is -2.52. The fourth-order valence-electron chi connectivity index (χ4n) is 4.00. The summed E-state index contributed by atoms with van der Waals surface area (Å²) in [5.41, 5.74) is -0.573. The van der Waals surface area contributed by atoms with Crippen molar-refractivity contribution in [3.8, 4) is 0 Å². The number of aromatic nitrogens is 3. The van der Waals surface area contributed by atoms with Gasteiger partial charge in [-0.1, -0.05) is 0 Å². The summed E-state index contributed by atoms with van der Waals surface area (Å²) in [5.74, 6) is -5.26. The van der Waals surface area contributed by atoms with Crippen molar-refractivity contribution >= 4 is 29.1 Å². The van der Waals surface area contributed by atoms with Crippen LogP contribution in [-0.4, -0.2) is 73.5 Å². The van der Waals surface area contributed by atoms with E-state index in [0.29, 0.717) is 5.41 Å². The Morgan fingerprint density at radius 3 is 1.90 bits per heavy atom. The Balaban J connectivity index is 0.000000333. The van der Waals surface area contributed by atoms with Crippen LogP contribution in [0.5, 0.6) is 0 Å². The molecule has 2 aliphatic rings. The van der Waals surface area contributed by atoms with Crippen LogP contribution in [0.3, 0.4) is 0 Å². The normalized spacial score (nSPS) is 17.5. The molecule has 224 valence electrons. The highest BCUT2D eigenvalue weighted by Gasteiger charge is 2.46. The zero-order valence-electron chi connectivity index (χ0n) is 20.1. The maximum absolute atomic E-state index is 12.7. The van der Waals surface area contributed by atoms with Crippen LogP contribution in [-0.2, 0) is 22.3 Å². The number of rotatable bonds is 4. The number of thiazole rings is 1. The van der Waals surface area contributed by atoms with Crippen molar-refractivity contribution in [1.29, 1.82) is 0 Å². The predicted molar refractivity (Wildman–Crippen MR) is 120 cm³/mol. The summed E-state index contributed by atoms with van der Waals surface area (Å²) in [4.78, 5) is 31.8. The number of aliphatic carboxylic acids is 2. The molecule has 0 bridgehead atoms. The molecule has 1 aliphatic carbocycles. The average molecular weight is 611 g/mol. The Hall–Kier alpha value is -3.22.